The van der Waals surface area contributed by atoms with Crippen LogP contribution in [0.25, 0.3) is 28.2 Å². The minimum atomic E-state index is 0.0290. The molecule has 1 aromatic heterocycles. The molecule has 0 atom stereocenters. The van der Waals surface area contributed by atoms with Crippen LogP contribution in [0.5, 0.6) is 0 Å². The van der Waals surface area contributed by atoms with Crippen molar-refractivity contribution < 1.29 is 0 Å². The van der Waals surface area contributed by atoms with Gasteiger partial charge < -0.3 is 4.98 Å². The number of benzene rings is 2. The summed E-state index contributed by atoms with van der Waals surface area (Å²) in [6.45, 7) is 3.67. The summed E-state index contributed by atoms with van der Waals surface area (Å²) in [7, 11) is 0. The van der Waals surface area contributed by atoms with Crippen LogP contribution in [0.4, 0.5) is 0 Å². The molecule has 0 saturated heterocycles. The molecule has 1 heterocycles. The topological polar surface area (TPSA) is 32.9 Å². The lowest BCUT2D eigenvalue weighted by molar-refractivity contribution is 1.36. The van der Waals surface area contributed by atoms with Crippen LogP contribution in [0.15, 0.2) is 78.1 Å². The molecule has 0 bridgehead atoms. The highest BCUT2D eigenvalue weighted by atomic mass is 16.1. The molecule has 0 saturated carbocycles. The Hall–Kier alpha value is -2.87. The van der Waals surface area contributed by atoms with E-state index in [4.69, 9.17) is 0 Å². The summed E-state index contributed by atoms with van der Waals surface area (Å²) in [5.41, 5.74) is 3.35. The quantitative estimate of drug-likeness (QED) is 0.705. The number of H-pyrrole nitrogens is 1. The average molecular weight is 273 g/mol. The minimum Gasteiger partial charge on any atom is -0.354 e. The van der Waals surface area contributed by atoms with E-state index in [0.717, 1.165) is 16.8 Å². The summed E-state index contributed by atoms with van der Waals surface area (Å²) in [5, 5.41) is 0.695. The van der Waals surface area contributed by atoms with E-state index in [2.05, 4.69) is 11.6 Å². The molecule has 3 aromatic rings. The average Bonchev–Trinajstić information content (AvgIpc) is 2.55. The summed E-state index contributed by atoms with van der Waals surface area (Å²) in [5.74, 6) is 0. The van der Waals surface area contributed by atoms with Gasteiger partial charge in [0.05, 0.1) is 5.69 Å². The van der Waals surface area contributed by atoms with Crippen LogP contribution in [0.3, 0.4) is 0 Å². The van der Waals surface area contributed by atoms with Crippen LogP contribution in [-0.4, -0.2) is 4.98 Å². The Kier molecular flexibility index (Phi) is 3.52. The first-order valence-electron chi connectivity index (χ1n) is 6.81. The van der Waals surface area contributed by atoms with Gasteiger partial charge in [-0.1, -0.05) is 61.2 Å². The van der Waals surface area contributed by atoms with Gasteiger partial charge in [-0.05, 0) is 23.8 Å². The van der Waals surface area contributed by atoms with Gasteiger partial charge in [0.15, 0.2) is 5.43 Å². The molecule has 2 aromatic carbocycles. The minimum absolute atomic E-state index is 0.0290. The van der Waals surface area contributed by atoms with Gasteiger partial charge in [-0.15, -0.1) is 0 Å². The predicted octanol–water partition coefficient (Wildman–Crippen LogP) is 4.39. The molecule has 102 valence electrons. The lowest BCUT2D eigenvalue weighted by atomic mass is 10.0. The molecule has 21 heavy (non-hydrogen) atoms. The van der Waals surface area contributed by atoms with E-state index in [0.29, 0.717) is 10.9 Å². The molecule has 0 aliphatic carbocycles. The molecular formula is C19H15NO. The maximum atomic E-state index is 12.7. The normalized spacial score (nSPS) is 11.0. The van der Waals surface area contributed by atoms with E-state index < -0.39 is 0 Å². The zero-order valence-corrected chi connectivity index (χ0v) is 11.5. The number of fused-ring (bicyclic) bond motifs is 1. The smallest absolute Gasteiger partial charge is 0.197 e. The van der Waals surface area contributed by atoms with E-state index in [-0.39, 0.29) is 5.43 Å². The van der Waals surface area contributed by atoms with Crippen molar-refractivity contribution in [1.82, 2.24) is 4.98 Å². The monoisotopic (exact) mass is 273 g/mol. The Morgan fingerprint density at radius 2 is 1.67 bits per heavy atom. The maximum Gasteiger partial charge on any atom is 0.197 e. The van der Waals surface area contributed by atoms with Crippen molar-refractivity contribution in [3.05, 3.63) is 89.1 Å². The number of para-hydroxylation sites is 1. The number of nitrogens with one attached hydrogen (secondary N) is 1. The third-order valence-corrected chi connectivity index (χ3v) is 3.41. The van der Waals surface area contributed by atoms with Gasteiger partial charge in [0.1, 0.15) is 0 Å². The largest absolute Gasteiger partial charge is 0.354 e. The van der Waals surface area contributed by atoms with E-state index in [1.165, 1.54) is 0 Å². The zero-order chi connectivity index (χ0) is 14.7. The van der Waals surface area contributed by atoms with E-state index in [1.807, 2.05) is 54.6 Å². The first-order valence-corrected chi connectivity index (χ1v) is 6.81. The second-order valence-corrected chi connectivity index (χ2v) is 4.75. The summed E-state index contributed by atoms with van der Waals surface area (Å²) in [6.07, 6.45) is 5.26. The molecule has 3 rings (SSSR count). The van der Waals surface area contributed by atoms with E-state index in [1.54, 1.807) is 18.2 Å². The van der Waals surface area contributed by atoms with Crippen molar-refractivity contribution in [2.45, 2.75) is 0 Å². The standard InChI is InChI=1S/C19H15NO/c1-2-3-11-16-18(14-9-5-4-6-10-14)20-17-13-8-7-12-15(17)19(16)21/h2-13H,1H2,(H,20,21)/b11-3+. The van der Waals surface area contributed by atoms with Crippen molar-refractivity contribution in [2.75, 3.05) is 0 Å². The fourth-order valence-electron chi connectivity index (χ4n) is 2.41. The van der Waals surface area contributed by atoms with Crippen molar-refractivity contribution >= 4 is 17.0 Å². The molecule has 0 amide bonds. The van der Waals surface area contributed by atoms with Crippen molar-refractivity contribution in [1.29, 1.82) is 0 Å². The molecule has 0 aliphatic heterocycles. The Balaban J connectivity index is 2.39. The number of aromatic amines is 1. The molecule has 0 radical (unpaired) electrons. The van der Waals surface area contributed by atoms with E-state index >= 15 is 0 Å². The molecule has 0 unspecified atom stereocenters. The molecule has 2 heteroatoms. The van der Waals surface area contributed by atoms with Crippen LogP contribution in [-0.2, 0) is 0 Å². The number of pyridine rings is 1. The fourth-order valence-corrected chi connectivity index (χ4v) is 2.41. The second kappa shape index (κ2) is 5.63. The van der Waals surface area contributed by atoms with Gasteiger partial charge in [0.2, 0.25) is 0 Å². The summed E-state index contributed by atoms with van der Waals surface area (Å²) in [4.78, 5) is 16.1. The van der Waals surface area contributed by atoms with Gasteiger partial charge >= 0.3 is 0 Å². The second-order valence-electron chi connectivity index (χ2n) is 4.75. The zero-order valence-electron chi connectivity index (χ0n) is 11.5. The number of hydrogen-bond acceptors (Lipinski definition) is 1. The number of rotatable bonds is 3. The van der Waals surface area contributed by atoms with Crippen LogP contribution in [0.2, 0.25) is 0 Å². The fraction of sp³-hybridized carbons (Fsp3) is 0. The third-order valence-electron chi connectivity index (χ3n) is 3.41. The van der Waals surface area contributed by atoms with Crippen LogP contribution >= 0.6 is 0 Å². The third kappa shape index (κ3) is 2.43. The van der Waals surface area contributed by atoms with Gasteiger partial charge in [0.25, 0.3) is 0 Å². The first-order chi connectivity index (χ1) is 10.3. The van der Waals surface area contributed by atoms with Crippen molar-refractivity contribution in [3.8, 4) is 11.3 Å². The number of aromatic nitrogens is 1. The molecular weight excluding hydrogens is 258 g/mol. The lowest BCUT2D eigenvalue weighted by Gasteiger charge is -2.09. The molecule has 2 nitrogen and oxygen atoms in total. The summed E-state index contributed by atoms with van der Waals surface area (Å²) in [6, 6.07) is 17.4. The maximum absolute atomic E-state index is 12.7. The number of allylic oxidation sites excluding steroid dienone is 2. The van der Waals surface area contributed by atoms with Crippen molar-refractivity contribution in [3.63, 3.8) is 0 Å². The Morgan fingerprint density at radius 3 is 2.43 bits per heavy atom. The molecule has 0 fully saturated rings. The van der Waals surface area contributed by atoms with Gasteiger partial charge in [0, 0.05) is 16.5 Å². The molecule has 0 spiro atoms. The van der Waals surface area contributed by atoms with E-state index in [9.17, 15) is 4.79 Å². The SMILES string of the molecule is C=C/C=C/c1c(-c2ccccc2)[nH]c2ccccc2c1=O. The predicted molar refractivity (Wildman–Crippen MR) is 89.2 cm³/mol. The Morgan fingerprint density at radius 1 is 0.952 bits per heavy atom. The Bertz CT molecular complexity index is 873. The summed E-state index contributed by atoms with van der Waals surface area (Å²) >= 11 is 0. The molecule has 1 N–H and O–H groups in total. The van der Waals surface area contributed by atoms with Gasteiger partial charge in [-0.2, -0.15) is 0 Å². The molecule has 0 aliphatic rings. The van der Waals surface area contributed by atoms with Crippen LogP contribution in [0, 0.1) is 0 Å². The van der Waals surface area contributed by atoms with Crippen LogP contribution in [0.1, 0.15) is 5.56 Å². The Labute approximate surface area is 123 Å². The highest BCUT2D eigenvalue weighted by molar-refractivity contribution is 5.86. The van der Waals surface area contributed by atoms with Gasteiger partial charge in [-0.3, -0.25) is 4.79 Å². The number of hydrogen-bond donors (Lipinski definition) is 1. The van der Waals surface area contributed by atoms with Crippen molar-refractivity contribution in [2.24, 2.45) is 0 Å². The van der Waals surface area contributed by atoms with Gasteiger partial charge in [-0.25, -0.2) is 0 Å². The highest BCUT2D eigenvalue weighted by Gasteiger charge is 2.10. The first kappa shape index (κ1) is 13.1. The summed E-state index contributed by atoms with van der Waals surface area (Å²) < 4.78 is 0. The lowest BCUT2D eigenvalue weighted by Crippen LogP contribution is -2.09. The van der Waals surface area contributed by atoms with Crippen LogP contribution < -0.4 is 5.43 Å². The highest BCUT2D eigenvalue weighted by Crippen LogP contribution is 2.23.